The van der Waals surface area contributed by atoms with Gasteiger partial charge in [0, 0.05) is 24.7 Å². The van der Waals surface area contributed by atoms with E-state index in [9.17, 15) is 8.42 Å². The molecule has 1 heterocycles. The summed E-state index contributed by atoms with van der Waals surface area (Å²) in [7, 11) is -3.45. The molecule has 1 aliphatic rings. The molecule has 2 atom stereocenters. The summed E-state index contributed by atoms with van der Waals surface area (Å²) in [5.41, 5.74) is 0. The Kier molecular flexibility index (Phi) is 6.89. The first-order valence-corrected chi connectivity index (χ1v) is 10.2. The molecule has 0 bridgehead atoms. The second kappa shape index (κ2) is 8.47. The predicted molar refractivity (Wildman–Crippen MR) is 95.3 cm³/mol. The summed E-state index contributed by atoms with van der Waals surface area (Å²) < 4.78 is 27.0. The number of halogens is 1. The van der Waals surface area contributed by atoms with E-state index in [0.717, 1.165) is 31.2 Å². The largest absolute Gasteiger partial charge is 0.303 e. The predicted octanol–water partition coefficient (Wildman–Crippen LogP) is 3.38. The van der Waals surface area contributed by atoms with E-state index in [1.54, 1.807) is 18.2 Å². The van der Waals surface area contributed by atoms with Crippen LogP contribution in [-0.4, -0.2) is 39.5 Å². The van der Waals surface area contributed by atoms with E-state index in [4.69, 9.17) is 11.6 Å². The van der Waals surface area contributed by atoms with Gasteiger partial charge in [-0.1, -0.05) is 31.5 Å². The highest BCUT2D eigenvalue weighted by Crippen LogP contribution is 2.21. The molecule has 1 aromatic carbocycles. The first-order valence-electron chi connectivity index (χ1n) is 8.34. The number of unbranched alkanes of at least 4 members (excludes halogenated alkanes) is 1. The van der Waals surface area contributed by atoms with E-state index in [0.29, 0.717) is 11.6 Å². The normalized spacial score (nSPS) is 23.1. The van der Waals surface area contributed by atoms with Gasteiger partial charge in [0.15, 0.2) is 0 Å². The average molecular weight is 359 g/mol. The standard InChI is InChI=1S/C17H27ClN2O2S/c1-14-10-15(2)13-20(12-14)9-4-3-8-19-23(21,22)17-7-5-6-16(18)11-17/h5-7,11,14-15,19H,3-4,8-10,12-13H2,1-2H3/t14-,15-/m1/s1. The van der Waals surface area contributed by atoms with Crippen molar-refractivity contribution in [2.24, 2.45) is 11.8 Å². The van der Waals surface area contributed by atoms with Gasteiger partial charge in [-0.25, -0.2) is 13.1 Å². The van der Waals surface area contributed by atoms with Crippen molar-refractivity contribution in [3.8, 4) is 0 Å². The van der Waals surface area contributed by atoms with E-state index in [1.165, 1.54) is 25.6 Å². The Hall–Kier alpha value is -0.620. The number of nitrogens with zero attached hydrogens (tertiary/aromatic N) is 1. The van der Waals surface area contributed by atoms with Crippen LogP contribution in [0, 0.1) is 11.8 Å². The fraction of sp³-hybridized carbons (Fsp3) is 0.647. The van der Waals surface area contributed by atoms with Crippen LogP contribution in [0.15, 0.2) is 29.2 Å². The van der Waals surface area contributed by atoms with E-state index in [1.807, 2.05) is 0 Å². The Bertz CT molecular complexity index is 596. The van der Waals surface area contributed by atoms with Crippen LogP contribution in [0.5, 0.6) is 0 Å². The number of likely N-dealkylation sites (tertiary alicyclic amines) is 1. The fourth-order valence-corrected chi connectivity index (χ4v) is 4.73. The van der Waals surface area contributed by atoms with Gasteiger partial charge in [0.05, 0.1) is 4.90 Å². The molecule has 6 heteroatoms. The topological polar surface area (TPSA) is 49.4 Å². The molecule has 130 valence electrons. The summed E-state index contributed by atoms with van der Waals surface area (Å²) in [5.74, 6) is 1.53. The molecule has 1 aliphatic heterocycles. The highest BCUT2D eigenvalue weighted by atomic mass is 35.5. The number of rotatable bonds is 7. The van der Waals surface area contributed by atoms with Gasteiger partial charge in [-0.2, -0.15) is 0 Å². The number of hydrogen-bond acceptors (Lipinski definition) is 3. The van der Waals surface area contributed by atoms with Crippen LogP contribution in [0.2, 0.25) is 5.02 Å². The summed E-state index contributed by atoms with van der Waals surface area (Å²) in [4.78, 5) is 2.73. The molecular formula is C17H27ClN2O2S. The minimum Gasteiger partial charge on any atom is -0.303 e. The molecular weight excluding hydrogens is 332 g/mol. The van der Waals surface area contributed by atoms with E-state index in [2.05, 4.69) is 23.5 Å². The van der Waals surface area contributed by atoms with Crippen molar-refractivity contribution in [2.45, 2.75) is 38.0 Å². The number of sulfonamides is 1. The third kappa shape index (κ3) is 6.07. The fourth-order valence-electron chi connectivity index (χ4n) is 3.36. The monoisotopic (exact) mass is 358 g/mol. The lowest BCUT2D eigenvalue weighted by molar-refractivity contribution is 0.139. The SMILES string of the molecule is C[C@@H]1C[C@@H](C)CN(CCCCNS(=O)(=O)c2cccc(Cl)c2)C1. The Morgan fingerprint density at radius 3 is 2.57 bits per heavy atom. The maximum Gasteiger partial charge on any atom is 0.240 e. The van der Waals surface area contributed by atoms with Crippen LogP contribution >= 0.6 is 11.6 Å². The zero-order valence-corrected chi connectivity index (χ0v) is 15.5. The van der Waals surface area contributed by atoms with Crippen LogP contribution in [0.1, 0.15) is 33.1 Å². The first-order chi connectivity index (χ1) is 10.9. The zero-order valence-electron chi connectivity index (χ0n) is 14.0. The van der Waals surface area contributed by atoms with Crippen molar-refractivity contribution < 1.29 is 8.42 Å². The molecule has 4 nitrogen and oxygen atoms in total. The Labute approximate surface area is 145 Å². The van der Waals surface area contributed by atoms with Gasteiger partial charge < -0.3 is 4.90 Å². The molecule has 0 radical (unpaired) electrons. The molecule has 1 N–H and O–H groups in total. The van der Waals surface area contributed by atoms with Gasteiger partial charge in [0.2, 0.25) is 10.0 Å². The number of hydrogen-bond donors (Lipinski definition) is 1. The second-order valence-electron chi connectivity index (χ2n) is 6.77. The molecule has 23 heavy (non-hydrogen) atoms. The minimum atomic E-state index is -3.45. The summed E-state index contributed by atoms with van der Waals surface area (Å²) in [6, 6.07) is 6.35. The van der Waals surface area contributed by atoms with Gasteiger partial charge in [-0.3, -0.25) is 0 Å². The molecule has 1 saturated heterocycles. The smallest absolute Gasteiger partial charge is 0.240 e. The lowest BCUT2D eigenvalue weighted by Gasteiger charge is -2.34. The molecule has 1 aromatic rings. The van der Waals surface area contributed by atoms with Gasteiger partial charge in [-0.15, -0.1) is 0 Å². The minimum absolute atomic E-state index is 0.226. The van der Waals surface area contributed by atoms with Gasteiger partial charge in [-0.05, 0) is 55.8 Å². The highest BCUT2D eigenvalue weighted by Gasteiger charge is 2.21. The Balaban J connectivity index is 1.71. The van der Waals surface area contributed by atoms with Crippen molar-refractivity contribution >= 4 is 21.6 Å². The van der Waals surface area contributed by atoms with Crippen LogP contribution in [0.25, 0.3) is 0 Å². The summed E-state index contributed by atoms with van der Waals surface area (Å²) >= 11 is 5.85. The lowest BCUT2D eigenvalue weighted by Crippen LogP contribution is -2.39. The number of piperidine rings is 1. The molecule has 0 unspecified atom stereocenters. The van der Waals surface area contributed by atoms with Crippen molar-refractivity contribution in [3.05, 3.63) is 29.3 Å². The van der Waals surface area contributed by atoms with E-state index >= 15 is 0 Å². The highest BCUT2D eigenvalue weighted by molar-refractivity contribution is 7.89. The molecule has 0 saturated carbocycles. The zero-order chi connectivity index (χ0) is 16.9. The second-order valence-corrected chi connectivity index (χ2v) is 8.97. The summed E-state index contributed by atoms with van der Waals surface area (Å²) in [5, 5.41) is 0.432. The third-order valence-electron chi connectivity index (χ3n) is 4.24. The quantitative estimate of drug-likeness (QED) is 0.760. The van der Waals surface area contributed by atoms with Crippen LogP contribution < -0.4 is 4.72 Å². The average Bonchev–Trinajstić information content (AvgIpc) is 2.46. The van der Waals surface area contributed by atoms with Gasteiger partial charge >= 0.3 is 0 Å². The maximum absolute atomic E-state index is 12.2. The van der Waals surface area contributed by atoms with Crippen LogP contribution in [0.4, 0.5) is 0 Å². The molecule has 1 fully saturated rings. The third-order valence-corrected chi connectivity index (χ3v) is 5.94. The van der Waals surface area contributed by atoms with E-state index in [-0.39, 0.29) is 4.90 Å². The van der Waals surface area contributed by atoms with Crippen molar-refractivity contribution in [3.63, 3.8) is 0 Å². The Morgan fingerprint density at radius 2 is 1.91 bits per heavy atom. The van der Waals surface area contributed by atoms with Gasteiger partial charge in [0.1, 0.15) is 0 Å². The first kappa shape index (κ1) is 18.7. The molecule has 0 spiro atoms. The van der Waals surface area contributed by atoms with Crippen molar-refractivity contribution in [1.29, 1.82) is 0 Å². The summed E-state index contributed by atoms with van der Waals surface area (Å²) in [6.07, 6.45) is 3.17. The van der Waals surface area contributed by atoms with Crippen molar-refractivity contribution in [1.82, 2.24) is 9.62 Å². The number of nitrogens with one attached hydrogen (secondary N) is 1. The lowest BCUT2D eigenvalue weighted by atomic mass is 9.92. The van der Waals surface area contributed by atoms with Crippen LogP contribution in [0.3, 0.4) is 0 Å². The molecule has 0 aliphatic carbocycles. The maximum atomic E-state index is 12.2. The summed E-state index contributed by atoms with van der Waals surface area (Å²) in [6.45, 7) is 8.46. The van der Waals surface area contributed by atoms with Gasteiger partial charge in [0.25, 0.3) is 0 Å². The number of benzene rings is 1. The Morgan fingerprint density at radius 1 is 1.22 bits per heavy atom. The van der Waals surface area contributed by atoms with Crippen molar-refractivity contribution in [2.75, 3.05) is 26.2 Å². The molecule has 2 rings (SSSR count). The molecule has 0 amide bonds. The molecule has 0 aromatic heterocycles. The van der Waals surface area contributed by atoms with E-state index < -0.39 is 10.0 Å². The van der Waals surface area contributed by atoms with Crippen LogP contribution in [-0.2, 0) is 10.0 Å².